The number of nitrogens with one attached hydrogen (secondary N) is 1. The van der Waals surface area contributed by atoms with Crippen LogP contribution in [0.15, 0.2) is 67.0 Å². The smallest absolute Gasteiger partial charge is 0.192 e. The Morgan fingerprint density at radius 3 is 1.57 bits per heavy atom. The molecule has 3 aromatic rings. The van der Waals surface area contributed by atoms with Crippen LogP contribution < -0.4 is 15.8 Å². The molecule has 40 heavy (non-hydrogen) atoms. The zero-order chi connectivity index (χ0) is 30.2. The monoisotopic (exact) mass is 581 g/mol. The molecule has 0 fully saturated rings. The molecule has 0 saturated heterocycles. The Kier molecular flexibility index (Phi) is 11.6. The SMILES string of the molecule is CC(C)(C)[Si](C)(C)OCc1ccc(N)cc1.COc1cncc(Nc2ccc(CO[Si](C)(C)C(C)(C)C)cc2)c1. The number of nitrogens with zero attached hydrogens (tertiary/aromatic N) is 1. The lowest BCUT2D eigenvalue weighted by Crippen LogP contribution is -2.40. The average molecular weight is 582 g/mol. The van der Waals surface area contributed by atoms with Crippen LogP contribution >= 0.6 is 0 Å². The van der Waals surface area contributed by atoms with E-state index >= 15 is 0 Å². The van der Waals surface area contributed by atoms with Crippen molar-refractivity contribution in [3.05, 3.63) is 78.1 Å². The lowest BCUT2D eigenvalue weighted by atomic mass is 10.2. The molecule has 0 aliphatic heterocycles. The lowest BCUT2D eigenvalue weighted by molar-refractivity contribution is 0.276. The number of nitrogen functional groups attached to an aromatic ring is 1. The second kappa shape index (κ2) is 13.8. The van der Waals surface area contributed by atoms with Gasteiger partial charge in [-0.05, 0) is 71.7 Å². The number of nitrogens with two attached hydrogens (primary N) is 1. The van der Waals surface area contributed by atoms with Crippen LogP contribution in [-0.4, -0.2) is 28.7 Å². The van der Waals surface area contributed by atoms with Gasteiger partial charge in [0.05, 0.1) is 38.4 Å². The molecule has 0 amide bonds. The van der Waals surface area contributed by atoms with Crippen LogP contribution in [0.4, 0.5) is 17.1 Å². The van der Waals surface area contributed by atoms with Crippen LogP contribution in [0, 0.1) is 0 Å². The van der Waals surface area contributed by atoms with Gasteiger partial charge in [-0.25, -0.2) is 0 Å². The van der Waals surface area contributed by atoms with E-state index in [1.165, 1.54) is 11.1 Å². The molecule has 220 valence electrons. The summed E-state index contributed by atoms with van der Waals surface area (Å²) < 4.78 is 17.6. The molecule has 0 aliphatic rings. The van der Waals surface area contributed by atoms with Crippen LogP contribution in [0.25, 0.3) is 0 Å². The summed E-state index contributed by atoms with van der Waals surface area (Å²) in [6.07, 6.45) is 3.46. The van der Waals surface area contributed by atoms with Gasteiger partial charge in [0.1, 0.15) is 5.75 Å². The molecule has 8 heteroatoms. The molecule has 0 saturated carbocycles. The maximum absolute atomic E-state index is 6.26. The van der Waals surface area contributed by atoms with E-state index < -0.39 is 16.6 Å². The van der Waals surface area contributed by atoms with E-state index in [9.17, 15) is 0 Å². The third kappa shape index (κ3) is 10.4. The fourth-order valence-electron chi connectivity index (χ4n) is 3.02. The summed E-state index contributed by atoms with van der Waals surface area (Å²) in [4.78, 5) is 4.15. The number of ether oxygens (including phenoxy) is 1. The van der Waals surface area contributed by atoms with Crippen LogP contribution in [0.2, 0.25) is 36.3 Å². The number of methoxy groups -OCH3 is 1. The van der Waals surface area contributed by atoms with E-state index in [2.05, 4.69) is 102 Å². The number of hydrogen-bond acceptors (Lipinski definition) is 6. The molecular formula is C32H51N3O3Si2. The summed E-state index contributed by atoms with van der Waals surface area (Å²) in [6, 6.07) is 18.1. The molecule has 2 aromatic carbocycles. The highest BCUT2D eigenvalue weighted by Gasteiger charge is 2.37. The average Bonchev–Trinajstić information content (AvgIpc) is 2.87. The van der Waals surface area contributed by atoms with E-state index in [1.54, 1.807) is 19.5 Å². The van der Waals surface area contributed by atoms with E-state index in [-0.39, 0.29) is 10.1 Å². The van der Waals surface area contributed by atoms with Crippen molar-refractivity contribution in [1.29, 1.82) is 0 Å². The van der Waals surface area contributed by atoms with Crippen molar-refractivity contribution in [1.82, 2.24) is 4.98 Å². The van der Waals surface area contributed by atoms with Gasteiger partial charge in [0.25, 0.3) is 0 Å². The zero-order valence-corrected chi connectivity index (χ0v) is 28.5. The van der Waals surface area contributed by atoms with E-state index in [1.807, 2.05) is 30.3 Å². The number of anilines is 3. The first kappa shape index (κ1) is 33.5. The normalized spacial score (nSPS) is 12.4. The quantitative estimate of drug-likeness (QED) is 0.194. The molecule has 1 aromatic heterocycles. The first-order chi connectivity index (χ1) is 18.4. The van der Waals surface area contributed by atoms with Crippen molar-refractivity contribution < 1.29 is 13.6 Å². The molecule has 0 spiro atoms. The molecule has 3 N–H and O–H groups in total. The highest BCUT2D eigenvalue weighted by molar-refractivity contribution is 6.74. The number of benzene rings is 2. The predicted octanol–water partition coefficient (Wildman–Crippen LogP) is 9.15. The van der Waals surface area contributed by atoms with Crippen molar-refractivity contribution >= 4 is 33.7 Å². The second-order valence-electron chi connectivity index (χ2n) is 13.3. The van der Waals surface area contributed by atoms with Gasteiger partial charge in [-0.15, -0.1) is 0 Å². The number of pyridine rings is 1. The molecule has 0 unspecified atom stereocenters. The maximum atomic E-state index is 6.26. The minimum Gasteiger partial charge on any atom is -0.495 e. The van der Waals surface area contributed by atoms with Crippen LogP contribution in [0.3, 0.4) is 0 Å². The van der Waals surface area contributed by atoms with Gasteiger partial charge in [0.2, 0.25) is 0 Å². The standard InChI is InChI=1S/C19H28N2O2Si.C13H23NOSi/c1-19(2,3)24(5,6)23-14-15-7-9-16(10-8-15)21-17-11-18(22-4)13-20-12-17;1-13(2,3)16(4,5)15-10-11-6-8-12(14)9-7-11/h7-13,21H,14H2,1-6H3;6-9H,10,14H2,1-5H3. The maximum Gasteiger partial charge on any atom is 0.192 e. The van der Waals surface area contributed by atoms with Gasteiger partial charge in [0.15, 0.2) is 16.6 Å². The number of rotatable bonds is 9. The Hall–Kier alpha value is -2.66. The summed E-state index contributed by atoms with van der Waals surface area (Å²) in [5, 5.41) is 3.82. The highest BCUT2D eigenvalue weighted by Crippen LogP contribution is 2.38. The summed E-state index contributed by atoms with van der Waals surface area (Å²) >= 11 is 0. The van der Waals surface area contributed by atoms with Gasteiger partial charge in [0, 0.05) is 17.4 Å². The summed E-state index contributed by atoms with van der Waals surface area (Å²) in [5.74, 6) is 0.736. The highest BCUT2D eigenvalue weighted by atomic mass is 28.4. The number of hydrogen-bond donors (Lipinski definition) is 2. The molecule has 0 radical (unpaired) electrons. The van der Waals surface area contributed by atoms with Crippen LogP contribution in [0.5, 0.6) is 5.75 Å². The molecule has 0 bridgehead atoms. The fourth-order valence-corrected chi connectivity index (χ4v) is 4.95. The van der Waals surface area contributed by atoms with Gasteiger partial charge in [-0.1, -0.05) is 65.8 Å². The van der Waals surface area contributed by atoms with Crippen molar-refractivity contribution in [3.63, 3.8) is 0 Å². The molecule has 1 heterocycles. The molecular weight excluding hydrogens is 531 g/mol. The predicted molar refractivity (Wildman–Crippen MR) is 175 cm³/mol. The molecule has 3 rings (SSSR count). The van der Waals surface area contributed by atoms with Gasteiger partial charge < -0.3 is 24.6 Å². The summed E-state index contributed by atoms with van der Waals surface area (Å²) in [5.41, 5.74) is 10.7. The van der Waals surface area contributed by atoms with Crippen molar-refractivity contribution in [2.24, 2.45) is 0 Å². The number of aromatic nitrogens is 1. The first-order valence-electron chi connectivity index (χ1n) is 13.9. The van der Waals surface area contributed by atoms with Gasteiger partial charge in [-0.2, -0.15) is 0 Å². The topological polar surface area (TPSA) is 78.6 Å². The molecule has 6 nitrogen and oxygen atoms in total. The Morgan fingerprint density at radius 1 is 0.700 bits per heavy atom. The molecule has 0 aliphatic carbocycles. The fraction of sp³-hybridized carbons (Fsp3) is 0.469. The summed E-state index contributed by atoms with van der Waals surface area (Å²) in [7, 11) is -1.71. The molecule has 0 atom stereocenters. The Bertz CT molecular complexity index is 1180. The largest absolute Gasteiger partial charge is 0.495 e. The Morgan fingerprint density at radius 2 is 1.15 bits per heavy atom. The van der Waals surface area contributed by atoms with Crippen LogP contribution in [0.1, 0.15) is 52.7 Å². The minimum absolute atomic E-state index is 0.230. The summed E-state index contributed by atoms with van der Waals surface area (Å²) in [6.45, 7) is 24.0. The van der Waals surface area contributed by atoms with Gasteiger partial charge >= 0.3 is 0 Å². The van der Waals surface area contributed by atoms with Crippen molar-refractivity contribution in [3.8, 4) is 5.75 Å². The second-order valence-corrected chi connectivity index (χ2v) is 22.9. The Balaban J connectivity index is 0.000000305. The van der Waals surface area contributed by atoms with E-state index in [0.717, 1.165) is 22.8 Å². The van der Waals surface area contributed by atoms with E-state index in [0.29, 0.717) is 13.2 Å². The Labute approximate surface area is 244 Å². The van der Waals surface area contributed by atoms with Crippen molar-refractivity contribution in [2.75, 3.05) is 18.2 Å². The van der Waals surface area contributed by atoms with E-state index in [4.69, 9.17) is 19.3 Å². The van der Waals surface area contributed by atoms with Gasteiger partial charge in [-0.3, -0.25) is 4.98 Å². The minimum atomic E-state index is -1.71. The van der Waals surface area contributed by atoms with Crippen molar-refractivity contribution in [2.45, 2.75) is 91.0 Å². The zero-order valence-electron chi connectivity index (χ0n) is 26.5. The third-order valence-corrected chi connectivity index (χ3v) is 16.9. The van der Waals surface area contributed by atoms with Crippen LogP contribution in [-0.2, 0) is 22.1 Å². The lowest BCUT2D eigenvalue weighted by Gasteiger charge is -2.36. The third-order valence-electron chi connectivity index (χ3n) is 7.98. The first-order valence-corrected chi connectivity index (χ1v) is 19.7.